The molecule has 1 fully saturated rings. The first-order valence-corrected chi connectivity index (χ1v) is 9.34. The minimum Gasteiger partial charge on any atom is -0.309 e. The van der Waals surface area contributed by atoms with Gasteiger partial charge in [0.1, 0.15) is 5.82 Å². The fraction of sp³-hybridized carbons (Fsp3) is 0.529. The molecule has 1 heterocycles. The molecule has 1 aromatic carbocycles. The van der Waals surface area contributed by atoms with Crippen molar-refractivity contribution in [1.82, 2.24) is 14.8 Å². The SMILES string of the molecule is Cn1c(CC2CCCCC2)nnc1SCc1cccc(Cl)c1. The number of rotatable bonds is 5. The summed E-state index contributed by atoms with van der Waals surface area (Å²) < 4.78 is 2.16. The third kappa shape index (κ3) is 4.05. The summed E-state index contributed by atoms with van der Waals surface area (Å²) in [6, 6.07) is 8.00. The highest BCUT2D eigenvalue weighted by Crippen LogP contribution is 2.28. The van der Waals surface area contributed by atoms with Crippen LogP contribution in [0.5, 0.6) is 0 Å². The van der Waals surface area contributed by atoms with Crippen molar-refractivity contribution >= 4 is 23.4 Å². The molecule has 3 nitrogen and oxygen atoms in total. The van der Waals surface area contributed by atoms with E-state index < -0.39 is 0 Å². The standard InChI is InChI=1S/C17H22ClN3S/c1-21-16(11-13-6-3-2-4-7-13)19-20-17(21)22-12-14-8-5-9-15(18)10-14/h5,8-10,13H,2-4,6-7,11-12H2,1H3. The first-order chi connectivity index (χ1) is 10.7. The van der Waals surface area contributed by atoms with Crippen LogP contribution >= 0.6 is 23.4 Å². The van der Waals surface area contributed by atoms with E-state index in [-0.39, 0.29) is 0 Å². The summed E-state index contributed by atoms with van der Waals surface area (Å²) in [6.45, 7) is 0. The largest absolute Gasteiger partial charge is 0.309 e. The zero-order valence-electron chi connectivity index (χ0n) is 13.0. The molecular weight excluding hydrogens is 314 g/mol. The van der Waals surface area contributed by atoms with Gasteiger partial charge in [0.2, 0.25) is 0 Å². The molecule has 1 saturated carbocycles. The number of hydrogen-bond acceptors (Lipinski definition) is 3. The number of benzene rings is 1. The van der Waals surface area contributed by atoms with Crippen LogP contribution in [0.4, 0.5) is 0 Å². The molecule has 0 aliphatic heterocycles. The van der Waals surface area contributed by atoms with Crippen LogP contribution in [0.2, 0.25) is 5.02 Å². The van der Waals surface area contributed by atoms with Gasteiger partial charge < -0.3 is 4.57 Å². The maximum Gasteiger partial charge on any atom is 0.191 e. The fourth-order valence-corrected chi connectivity index (χ4v) is 4.16. The fourth-order valence-electron chi connectivity index (χ4n) is 3.07. The van der Waals surface area contributed by atoms with Gasteiger partial charge in [-0.1, -0.05) is 67.6 Å². The monoisotopic (exact) mass is 335 g/mol. The van der Waals surface area contributed by atoms with Gasteiger partial charge in [0.05, 0.1) is 0 Å². The van der Waals surface area contributed by atoms with Gasteiger partial charge in [-0.25, -0.2) is 0 Å². The van der Waals surface area contributed by atoms with Gasteiger partial charge in [-0.3, -0.25) is 0 Å². The Hall–Kier alpha value is -1.00. The molecule has 0 spiro atoms. The van der Waals surface area contributed by atoms with Crippen molar-refractivity contribution in [3.63, 3.8) is 0 Å². The Kier molecular flexibility index (Phi) is 5.42. The predicted molar refractivity (Wildman–Crippen MR) is 92.3 cm³/mol. The molecule has 1 aliphatic carbocycles. The van der Waals surface area contributed by atoms with Crippen LogP contribution < -0.4 is 0 Å². The second-order valence-electron chi connectivity index (χ2n) is 6.08. The number of nitrogens with zero attached hydrogens (tertiary/aromatic N) is 3. The van der Waals surface area contributed by atoms with Crippen LogP contribution in [0.25, 0.3) is 0 Å². The third-order valence-electron chi connectivity index (χ3n) is 4.38. The van der Waals surface area contributed by atoms with Crippen LogP contribution in [0.3, 0.4) is 0 Å². The summed E-state index contributed by atoms with van der Waals surface area (Å²) in [5.41, 5.74) is 1.22. The van der Waals surface area contributed by atoms with Crippen molar-refractivity contribution in [1.29, 1.82) is 0 Å². The van der Waals surface area contributed by atoms with Crippen LogP contribution in [-0.4, -0.2) is 14.8 Å². The minimum atomic E-state index is 0.786. The van der Waals surface area contributed by atoms with E-state index in [0.717, 1.165) is 34.1 Å². The number of halogens is 1. The van der Waals surface area contributed by atoms with Crippen LogP contribution in [0.1, 0.15) is 43.5 Å². The molecule has 118 valence electrons. The Morgan fingerprint density at radius 3 is 2.82 bits per heavy atom. The van der Waals surface area contributed by atoms with E-state index in [2.05, 4.69) is 27.9 Å². The van der Waals surface area contributed by atoms with Crippen LogP contribution in [0, 0.1) is 5.92 Å². The number of aromatic nitrogens is 3. The predicted octanol–water partition coefficient (Wildman–Crippen LogP) is 4.88. The molecule has 0 radical (unpaired) electrons. The molecule has 1 aromatic heterocycles. The molecule has 5 heteroatoms. The topological polar surface area (TPSA) is 30.7 Å². The van der Waals surface area contributed by atoms with Gasteiger partial charge in [0.15, 0.2) is 5.16 Å². The quantitative estimate of drug-likeness (QED) is 0.729. The summed E-state index contributed by atoms with van der Waals surface area (Å²) in [4.78, 5) is 0. The molecule has 1 aliphatic rings. The van der Waals surface area contributed by atoms with Gasteiger partial charge in [0.25, 0.3) is 0 Å². The van der Waals surface area contributed by atoms with E-state index >= 15 is 0 Å². The molecule has 0 unspecified atom stereocenters. The normalized spacial score (nSPS) is 16.1. The van der Waals surface area contributed by atoms with Gasteiger partial charge in [-0.2, -0.15) is 0 Å². The molecule has 2 aromatic rings. The third-order valence-corrected chi connectivity index (χ3v) is 5.70. The van der Waals surface area contributed by atoms with E-state index in [1.807, 2.05) is 18.2 Å². The first kappa shape index (κ1) is 15.9. The summed E-state index contributed by atoms with van der Waals surface area (Å²) in [6.07, 6.45) is 7.91. The van der Waals surface area contributed by atoms with E-state index in [9.17, 15) is 0 Å². The first-order valence-electron chi connectivity index (χ1n) is 7.98. The molecule has 0 saturated heterocycles. The molecule has 0 bridgehead atoms. The van der Waals surface area contributed by atoms with Crippen molar-refractivity contribution in [3.8, 4) is 0 Å². The smallest absolute Gasteiger partial charge is 0.191 e. The highest BCUT2D eigenvalue weighted by atomic mass is 35.5. The molecule has 0 atom stereocenters. The lowest BCUT2D eigenvalue weighted by Gasteiger charge is -2.20. The van der Waals surface area contributed by atoms with Crippen molar-refractivity contribution in [2.45, 2.75) is 49.4 Å². The van der Waals surface area contributed by atoms with Crippen molar-refractivity contribution < 1.29 is 0 Å². The lowest BCUT2D eigenvalue weighted by atomic mass is 9.87. The molecule has 3 rings (SSSR count). The zero-order valence-corrected chi connectivity index (χ0v) is 14.5. The maximum absolute atomic E-state index is 6.03. The average Bonchev–Trinajstić information content (AvgIpc) is 2.87. The second-order valence-corrected chi connectivity index (χ2v) is 7.46. The second kappa shape index (κ2) is 7.51. The van der Waals surface area contributed by atoms with Crippen molar-refractivity contribution in [2.75, 3.05) is 0 Å². The highest BCUT2D eigenvalue weighted by Gasteiger charge is 2.18. The van der Waals surface area contributed by atoms with E-state index in [4.69, 9.17) is 11.6 Å². The van der Waals surface area contributed by atoms with Gasteiger partial charge >= 0.3 is 0 Å². The van der Waals surface area contributed by atoms with Crippen molar-refractivity contribution in [3.05, 3.63) is 40.7 Å². The summed E-state index contributed by atoms with van der Waals surface area (Å²) in [7, 11) is 2.08. The Balaban J connectivity index is 1.60. The molecule has 0 N–H and O–H groups in total. The lowest BCUT2D eigenvalue weighted by molar-refractivity contribution is 0.348. The van der Waals surface area contributed by atoms with Gasteiger partial charge in [-0.05, 0) is 23.6 Å². The lowest BCUT2D eigenvalue weighted by Crippen LogP contribution is -2.12. The Morgan fingerprint density at radius 1 is 1.23 bits per heavy atom. The van der Waals surface area contributed by atoms with Crippen molar-refractivity contribution in [2.24, 2.45) is 13.0 Å². The molecular formula is C17H22ClN3S. The summed E-state index contributed by atoms with van der Waals surface area (Å²) >= 11 is 7.75. The van der Waals surface area contributed by atoms with E-state index in [1.165, 1.54) is 37.7 Å². The zero-order chi connectivity index (χ0) is 15.4. The van der Waals surface area contributed by atoms with E-state index in [1.54, 1.807) is 11.8 Å². The molecule has 0 amide bonds. The van der Waals surface area contributed by atoms with Gasteiger partial charge in [0, 0.05) is 24.2 Å². The molecule has 22 heavy (non-hydrogen) atoms. The summed E-state index contributed by atoms with van der Waals surface area (Å²) in [5, 5.41) is 10.5. The minimum absolute atomic E-state index is 0.786. The van der Waals surface area contributed by atoms with Crippen LogP contribution in [0.15, 0.2) is 29.4 Å². The number of hydrogen-bond donors (Lipinski definition) is 0. The van der Waals surface area contributed by atoms with Crippen LogP contribution in [-0.2, 0) is 19.2 Å². The Labute approximate surface area is 141 Å². The highest BCUT2D eigenvalue weighted by molar-refractivity contribution is 7.98. The van der Waals surface area contributed by atoms with E-state index in [0.29, 0.717) is 0 Å². The Bertz CT molecular complexity index is 620. The average molecular weight is 336 g/mol. The Morgan fingerprint density at radius 2 is 2.05 bits per heavy atom. The van der Waals surface area contributed by atoms with Gasteiger partial charge in [-0.15, -0.1) is 10.2 Å². The summed E-state index contributed by atoms with van der Waals surface area (Å²) in [5.74, 6) is 2.79. The number of thioether (sulfide) groups is 1. The maximum atomic E-state index is 6.03.